The summed E-state index contributed by atoms with van der Waals surface area (Å²) >= 11 is 6.81. The highest BCUT2D eigenvalue weighted by molar-refractivity contribution is 6.36. The number of aromatic hydroxyl groups is 3. The summed E-state index contributed by atoms with van der Waals surface area (Å²) in [4.78, 5) is 50.2. The molecule has 7 heterocycles. The number of amides is 2. The summed E-state index contributed by atoms with van der Waals surface area (Å²) in [6.07, 6.45) is 9.18. The Morgan fingerprint density at radius 3 is 2.29 bits per heavy atom. The molecule has 0 radical (unpaired) electrons. The van der Waals surface area contributed by atoms with Crippen molar-refractivity contribution in [3.63, 3.8) is 0 Å². The molecule has 430 valence electrons. The molecule has 0 saturated carbocycles. The molecule has 19 heteroatoms. The van der Waals surface area contributed by atoms with Gasteiger partial charge in [0.05, 0.1) is 47.0 Å². The molecule has 11 rings (SSSR count). The van der Waals surface area contributed by atoms with Crippen LogP contribution in [0.5, 0.6) is 23.5 Å². The Morgan fingerprint density at radius 2 is 1.56 bits per heavy atom. The fraction of sp³-hybridized carbons (Fsp3) is 0.476. The number of phenolic OH excluding ortho intramolecular Hbond substituents is 2. The lowest BCUT2D eigenvalue weighted by Crippen LogP contribution is -2.55. The van der Waals surface area contributed by atoms with Crippen molar-refractivity contribution in [2.24, 2.45) is 17.8 Å². The highest BCUT2D eigenvalue weighted by Crippen LogP contribution is 2.41. The zero-order valence-electron chi connectivity index (χ0n) is 47.2. The van der Waals surface area contributed by atoms with Gasteiger partial charge in [0.15, 0.2) is 5.82 Å². The summed E-state index contributed by atoms with van der Waals surface area (Å²) in [5.41, 5.74) is 5.79. The Bertz CT molecular complexity index is 3320. The van der Waals surface area contributed by atoms with Gasteiger partial charge in [-0.25, -0.2) is 4.57 Å². The number of aromatic nitrogens is 5. The van der Waals surface area contributed by atoms with Crippen molar-refractivity contribution in [2.75, 3.05) is 94.9 Å². The van der Waals surface area contributed by atoms with Crippen LogP contribution in [-0.4, -0.2) is 163 Å². The summed E-state index contributed by atoms with van der Waals surface area (Å²) in [7, 11) is 0. The smallest absolute Gasteiger partial charge is 0.319 e. The lowest BCUT2D eigenvalue weighted by atomic mass is 9.88. The number of nitrogens with zero attached hydrogens (tertiary/aromatic N) is 12. The standard InChI is InChI=1S/C63H75ClN12O6/c1-4-57(79)75-32-31-74(39-48(75)15-23-65)59-49-22-30-73(54-10-6-8-45-7-5-9-52(64)58(45)54)40-53(49)66-62(67-59)82-34-33-70-26-20-46(21-27-70)61(80)72-28-18-44(19-29-72)38-71-24-16-43(17-25-71)35-42-11-13-47(14-12-42)76-60(68-69-63(76)81)51-37-55(77)50(41(2)3)36-56(51)78/h4-14,36-37,41,43-44,46,48,77-78H,1,15-22,24-35,38-40H2,2-3H3,(H,69,81)/t48-/m0/s1. The van der Waals surface area contributed by atoms with E-state index in [1.807, 2.05) is 38.1 Å². The van der Waals surface area contributed by atoms with Gasteiger partial charge in [-0.1, -0.05) is 73.5 Å². The van der Waals surface area contributed by atoms with Crippen molar-refractivity contribution in [3.8, 4) is 46.7 Å². The summed E-state index contributed by atoms with van der Waals surface area (Å²) in [6.45, 7) is 17.9. The zero-order chi connectivity index (χ0) is 57.0. The van der Waals surface area contributed by atoms with Gasteiger partial charge in [-0.2, -0.15) is 15.2 Å². The number of rotatable bonds is 16. The maximum atomic E-state index is 13.9. The van der Waals surface area contributed by atoms with Gasteiger partial charge in [0.2, 0.25) is 11.8 Å². The number of piperidine rings is 3. The molecule has 5 aliphatic rings. The van der Waals surface area contributed by atoms with Crippen molar-refractivity contribution in [1.82, 2.24) is 44.3 Å². The van der Waals surface area contributed by atoms with Gasteiger partial charge in [0, 0.05) is 80.5 Å². The number of hydrogen-bond acceptors (Lipinski definition) is 15. The number of ether oxygens (including phenoxy) is 1. The average molecular weight is 1130 g/mol. The van der Waals surface area contributed by atoms with Gasteiger partial charge >= 0.3 is 12.0 Å². The molecule has 4 fully saturated rings. The van der Waals surface area contributed by atoms with Crippen LogP contribution in [0.4, 0.5) is 11.5 Å². The highest BCUT2D eigenvalue weighted by atomic mass is 35.5. The number of nitriles is 1. The second-order valence-electron chi connectivity index (χ2n) is 23.3. The quantitative estimate of drug-likeness (QED) is 0.0613. The van der Waals surface area contributed by atoms with Crippen LogP contribution in [0, 0.1) is 29.1 Å². The van der Waals surface area contributed by atoms with E-state index in [9.17, 15) is 30.2 Å². The van der Waals surface area contributed by atoms with Crippen LogP contribution in [0.1, 0.15) is 87.1 Å². The molecular weight excluding hydrogens is 1060 g/mol. The van der Waals surface area contributed by atoms with Crippen molar-refractivity contribution in [2.45, 2.75) is 90.1 Å². The number of carbonyl (C=O) groups excluding carboxylic acids is 2. The van der Waals surface area contributed by atoms with Crippen LogP contribution >= 0.6 is 11.6 Å². The van der Waals surface area contributed by atoms with Crippen LogP contribution in [-0.2, 0) is 29.0 Å². The molecule has 2 aromatic heterocycles. The summed E-state index contributed by atoms with van der Waals surface area (Å²) in [6, 6.07) is 25.3. The second-order valence-corrected chi connectivity index (χ2v) is 23.7. The number of anilines is 2. The van der Waals surface area contributed by atoms with Crippen molar-refractivity contribution >= 4 is 45.7 Å². The number of halogens is 1. The topological polar surface area (TPSA) is 204 Å². The number of carbonyl (C=O) groups is 2. The van der Waals surface area contributed by atoms with Gasteiger partial charge in [0.1, 0.15) is 23.9 Å². The molecule has 82 heavy (non-hydrogen) atoms. The average Bonchev–Trinajstić information content (AvgIpc) is 3.92. The second kappa shape index (κ2) is 24.9. The number of likely N-dealkylation sites (tertiary alicyclic amines) is 3. The molecule has 6 aromatic rings. The van der Waals surface area contributed by atoms with E-state index in [0.29, 0.717) is 85.8 Å². The minimum atomic E-state index is -0.302. The Labute approximate surface area is 485 Å². The molecule has 0 spiro atoms. The van der Waals surface area contributed by atoms with E-state index >= 15 is 0 Å². The van der Waals surface area contributed by atoms with Gasteiger partial charge < -0.3 is 44.6 Å². The molecule has 2 amide bonds. The first-order chi connectivity index (χ1) is 39.8. The number of benzene rings is 4. The predicted molar refractivity (Wildman–Crippen MR) is 317 cm³/mol. The van der Waals surface area contributed by atoms with Crippen LogP contribution in [0.2, 0.25) is 5.02 Å². The van der Waals surface area contributed by atoms with Gasteiger partial charge in [-0.3, -0.25) is 14.5 Å². The van der Waals surface area contributed by atoms with Crippen LogP contribution in [0.3, 0.4) is 0 Å². The third kappa shape index (κ3) is 12.2. The Hall–Kier alpha value is -7.46. The van der Waals surface area contributed by atoms with Crippen molar-refractivity contribution < 1.29 is 29.6 Å². The monoisotopic (exact) mass is 1130 g/mol. The molecule has 5 aliphatic heterocycles. The minimum absolute atomic E-state index is 0.0175. The molecule has 3 N–H and O–H groups in total. The fourth-order valence-corrected chi connectivity index (χ4v) is 13.5. The molecular formula is C63H75ClN12O6. The van der Waals surface area contributed by atoms with Crippen molar-refractivity contribution in [1.29, 1.82) is 5.26 Å². The number of fused-ring (bicyclic) bond motifs is 2. The van der Waals surface area contributed by atoms with E-state index in [1.54, 1.807) is 4.90 Å². The van der Waals surface area contributed by atoms with E-state index in [1.165, 1.54) is 28.3 Å². The molecule has 0 aliphatic carbocycles. The molecule has 0 bridgehead atoms. The number of phenols is 2. The maximum absolute atomic E-state index is 13.9. The SMILES string of the molecule is C=CC(=O)N1CCN(c2nc(OCCN3CCC(C(=O)N4CCC(CN5CCC(Cc6ccc(-n7c(O)nnc7-c7cc(O)c(C(C)C)cc7O)cc6)CC5)CC4)CC3)nc3c2CCN(c2cccc4cccc(Cl)c24)C3)C[C@@H]1CC#N. The van der Waals surface area contributed by atoms with E-state index in [4.69, 9.17) is 26.3 Å². The van der Waals surface area contributed by atoms with E-state index in [2.05, 4.69) is 83.7 Å². The number of hydrogen-bond donors (Lipinski definition) is 3. The molecule has 4 saturated heterocycles. The molecule has 0 unspecified atom stereocenters. The van der Waals surface area contributed by atoms with Crippen LogP contribution in [0.25, 0.3) is 27.8 Å². The normalized spacial score (nSPS) is 18.9. The Morgan fingerprint density at radius 1 is 0.829 bits per heavy atom. The van der Waals surface area contributed by atoms with E-state index < -0.39 is 0 Å². The van der Waals surface area contributed by atoms with Gasteiger partial charge in [0.25, 0.3) is 0 Å². The maximum Gasteiger partial charge on any atom is 0.319 e. The lowest BCUT2D eigenvalue weighted by molar-refractivity contribution is -0.138. The van der Waals surface area contributed by atoms with Crippen LogP contribution < -0.4 is 14.5 Å². The van der Waals surface area contributed by atoms with Gasteiger partial charge in [-0.05, 0) is 149 Å². The minimum Gasteiger partial charge on any atom is -0.508 e. The highest BCUT2D eigenvalue weighted by Gasteiger charge is 2.35. The third-order valence-corrected chi connectivity index (χ3v) is 18.2. The fourth-order valence-electron chi connectivity index (χ4n) is 13.2. The Kier molecular flexibility index (Phi) is 17.2. The lowest BCUT2D eigenvalue weighted by Gasteiger charge is -2.42. The number of piperazine rings is 1. The zero-order valence-corrected chi connectivity index (χ0v) is 47.9. The summed E-state index contributed by atoms with van der Waals surface area (Å²) in [5.74, 6) is 2.39. The van der Waals surface area contributed by atoms with E-state index in [0.717, 1.165) is 131 Å². The molecule has 1 atom stereocenters. The molecule has 4 aromatic carbocycles. The first-order valence-corrected chi connectivity index (χ1v) is 29.7. The van der Waals surface area contributed by atoms with Crippen molar-refractivity contribution in [3.05, 3.63) is 113 Å². The third-order valence-electron chi connectivity index (χ3n) is 17.9. The first kappa shape index (κ1) is 56.4. The molecule has 18 nitrogen and oxygen atoms in total. The summed E-state index contributed by atoms with van der Waals surface area (Å²) in [5, 5.41) is 52.8. The largest absolute Gasteiger partial charge is 0.508 e. The Balaban J connectivity index is 0.634. The predicted octanol–water partition coefficient (Wildman–Crippen LogP) is 8.73. The first-order valence-electron chi connectivity index (χ1n) is 29.4. The van der Waals surface area contributed by atoms with Gasteiger partial charge in [-0.15, -0.1) is 5.10 Å². The summed E-state index contributed by atoms with van der Waals surface area (Å²) < 4.78 is 7.91. The van der Waals surface area contributed by atoms with E-state index in [-0.39, 0.29) is 59.1 Å². The van der Waals surface area contributed by atoms with Crippen LogP contribution in [0.15, 0.2) is 85.5 Å².